The van der Waals surface area contributed by atoms with Crippen molar-refractivity contribution in [2.24, 2.45) is 0 Å². The van der Waals surface area contributed by atoms with Crippen LogP contribution >= 0.6 is 23.2 Å². The number of rotatable bonds is 17. The van der Waals surface area contributed by atoms with E-state index in [0.717, 1.165) is 9.87 Å². The number of sulfonamides is 1. The maximum atomic E-state index is 14.8. The summed E-state index contributed by atoms with van der Waals surface area (Å²) in [6.45, 7) is 5.22. The van der Waals surface area contributed by atoms with Gasteiger partial charge in [-0.3, -0.25) is 13.9 Å². The molecule has 4 aromatic rings. The monoisotopic (exact) mass is 755 g/mol. The molecule has 0 heterocycles. The van der Waals surface area contributed by atoms with Gasteiger partial charge in [-0.15, -0.1) is 0 Å². The van der Waals surface area contributed by atoms with Crippen molar-refractivity contribution >= 4 is 50.7 Å². The fourth-order valence-corrected chi connectivity index (χ4v) is 7.30. The van der Waals surface area contributed by atoms with Crippen molar-refractivity contribution in [2.45, 2.75) is 57.1 Å². The molecule has 0 aliphatic heterocycles. The van der Waals surface area contributed by atoms with Crippen LogP contribution in [0, 0.1) is 0 Å². The highest BCUT2D eigenvalue weighted by Gasteiger charge is 2.36. The van der Waals surface area contributed by atoms with Crippen LogP contribution in [0.25, 0.3) is 0 Å². The van der Waals surface area contributed by atoms with E-state index in [-0.39, 0.29) is 35.3 Å². The zero-order valence-electron chi connectivity index (χ0n) is 29.3. The molecule has 4 rings (SSSR count). The van der Waals surface area contributed by atoms with Gasteiger partial charge in [-0.1, -0.05) is 66.5 Å². The number of benzene rings is 4. The number of methoxy groups -OCH3 is 2. The lowest BCUT2D eigenvalue weighted by molar-refractivity contribution is -0.140. The van der Waals surface area contributed by atoms with Gasteiger partial charge in [0, 0.05) is 40.7 Å². The third-order valence-corrected chi connectivity index (χ3v) is 10.8. The average Bonchev–Trinajstić information content (AvgIpc) is 3.13. The Morgan fingerprint density at radius 2 is 1.49 bits per heavy atom. The Hall–Kier alpha value is -4.45. The highest BCUT2D eigenvalue weighted by atomic mass is 35.5. The Bertz CT molecular complexity index is 1870. The van der Waals surface area contributed by atoms with Gasteiger partial charge in [-0.05, 0) is 74.4 Å². The number of ether oxygens (including phenoxy) is 3. The lowest BCUT2D eigenvalue weighted by Crippen LogP contribution is -2.54. The summed E-state index contributed by atoms with van der Waals surface area (Å²) in [6, 6.07) is 23.5. The molecule has 0 aromatic heterocycles. The lowest BCUT2D eigenvalue weighted by atomic mass is 10.0. The standard InChI is InChI=1S/C38H43Cl2N3O7S/c1-6-26(3)41-38(45)34(22-27-12-9-8-10-13-27)42(24-31-32(39)14-11-15-33(31)40)37(44)25-43(28-16-18-29(19-17-28)50-7-2)51(46,47)30-20-21-35(48-4)36(23-30)49-5/h8-21,23,26,34H,6-7,22,24-25H2,1-5H3,(H,41,45)/t26-,34-/m1/s1. The Labute approximate surface area is 310 Å². The summed E-state index contributed by atoms with van der Waals surface area (Å²) < 4.78 is 46.3. The second kappa shape index (κ2) is 18.2. The SMILES string of the molecule is CCOc1ccc(N(CC(=O)N(Cc2c(Cl)cccc2Cl)[C@H](Cc2ccccc2)C(=O)N[C@H](C)CC)S(=O)(=O)c2ccc(OC)c(OC)c2)cc1. The maximum Gasteiger partial charge on any atom is 0.264 e. The van der Waals surface area contributed by atoms with Crippen LogP contribution in [0.3, 0.4) is 0 Å². The van der Waals surface area contributed by atoms with E-state index in [1.165, 1.54) is 37.3 Å². The molecule has 0 bridgehead atoms. The molecule has 13 heteroatoms. The fraction of sp³-hybridized carbons (Fsp3) is 0.316. The van der Waals surface area contributed by atoms with Crippen LogP contribution in [0.1, 0.15) is 38.3 Å². The van der Waals surface area contributed by atoms with Gasteiger partial charge >= 0.3 is 0 Å². The molecule has 51 heavy (non-hydrogen) atoms. The normalized spacial score (nSPS) is 12.4. The second-order valence-corrected chi connectivity index (χ2v) is 14.4. The minimum absolute atomic E-state index is 0.141. The Morgan fingerprint density at radius 1 is 0.843 bits per heavy atom. The van der Waals surface area contributed by atoms with Crippen molar-refractivity contribution in [1.82, 2.24) is 10.2 Å². The highest BCUT2D eigenvalue weighted by molar-refractivity contribution is 7.92. The Balaban J connectivity index is 1.87. The summed E-state index contributed by atoms with van der Waals surface area (Å²) in [7, 11) is -1.58. The third kappa shape index (κ3) is 9.87. The van der Waals surface area contributed by atoms with E-state index >= 15 is 0 Å². The molecule has 0 spiro atoms. The van der Waals surface area contributed by atoms with Gasteiger partial charge in [0.1, 0.15) is 18.3 Å². The zero-order chi connectivity index (χ0) is 37.1. The first-order valence-corrected chi connectivity index (χ1v) is 18.7. The van der Waals surface area contributed by atoms with Gasteiger partial charge in [0.25, 0.3) is 10.0 Å². The molecule has 0 aliphatic rings. The summed E-state index contributed by atoms with van der Waals surface area (Å²) in [6.07, 6.45) is 0.797. The van der Waals surface area contributed by atoms with E-state index in [4.69, 9.17) is 37.4 Å². The average molecular weight is 757 g/mol. The molecule has 2 atom stereocenters. The highest BCUT2D eigenvalue weighted by Crippen LogP contribution is 2.33. The number of hydrogen-bond acceptors (Lipinski definition) is 7. The summed E-state index contributed by atoms with van der Waals surface area (Å²) in [4.78, 5) is 30.1. The van der Waals surface area contributed by atoms with Gasteiger partial charge in [-0.25, -0.2) is 8.42 Å². The largest absolute Gasteiger partial charge is 0.494 e. The number of amides is 2. The van der Waals surface area contributed by atoms with Gasteiger partial charge in [0.2, 0.25) is 11.8 Å². The summed E-state index contributed by atoms with van der Waals surface area (Å²) in [5.41, 5.74) is 1.41. The molecule has 0 saturated carbocycles. The number of halogens is 2. The van der Waals surface area contributed by atoms with E-state index in [2.05, 4.69) is 5.32 Å². The first kappa shape index (κ1) is 39.3. The minimum atomic E-state index is -4.43. The Kier molecular flexibility index (Phi) is 14.0. The predicted octanol–water partition coefficient (Wildman–Crippen LogP) is 7.16. The van der Waals surface area contributed by atoms with Crippen molar-refractivity contribution in [3.05, 3.63) is 112 Å². The van der Waals surface area contributed by atoms with Crippen molar-refractivity contribution in [3.8, 4) is 17.2 Å². The number of carbonyl (C=O) groups excluding carboxylic acids is 2. The summed E-state index contributed by atoms with van der Waals surface area (Å²) in [5.74, 6) is -0.0184. The van der Waals surface area contributed by atoms with Gasteiger partial charge in [0.15, 0.2) is 11.5 Å². The van der Waals surface area contributed by atoms with Crippen LogP contribution in [0.4, 0.5) is 5.69 Å². The summed E-state index contributed by atoms with van der Waals surface area (Å²) >= 11 is 13.2. The first-order chi connectivity index (χ1) is 24.4. The molecule has 2 amide bonds. The maximum absolute atomic E-state index is 14.8. The third-order valence-electron chi connectivity index (χ3n) is 8.32. The summed E-state index contributed by atoms with van der Waals surface area (Å²) in [5, 5.41) is 3.60. The molecule has 4 aromatic carbocycles. The first-order valence-electron chi connectivity index (χ1n) is 16.5. The predicted molar refractivity (Wildman–Crippen MR) is 201 cm³/mol. The number of hydrogen-bond donors (Lipinski definition) is 1. The molecule has 0 saturated heterocycles. The number of anilines is 1. The lowest BCUT2D eigenvalue weighted by Gasteiger charge is -2.34. The van der Waals surface area contributed by atoms with Crippen molar-refractivity contribution < 1.29 is 32.2 Å². The van der Waals surface area contributed by atoms with Crippen LogP contribution in [-0.2, 0) is 32.6 Å². The molecule has 0 radical (unpaired) electrons. The van der Waals surface area contributed by atoms with Crippen LogP contribution in [0.15, 0.2) is 95.9 Å². The molecule has 0 fully saturated rings. The molecule has 0 unspecified atom stereocenters. The van der Waals surface area contributed by atoms with Gasteiger partial charge in [0.05, 0.1) is 31.4 Å². The zero-order valence-corrected chi connectivity index (χ0v) is 31.6. The fourth-order valence-electron chi connectivity index (χ4n) is 5.36. The topological polar surface area (TPSA) is 114 Å². The van der Waals surface area contributed by atoms with Crippen LogP contribution in [0.2, 0.25) is 10.0 Å². The van der Waals surface area contributed by atoms with Crippen LogP contribution in [-0.4, -0.2) is 64.6 Å². The number of carbonyl (C=O) groups is 2. The number of nitrogens with zero attached hydrogens (tertiary/aromatic N) is 2. The van der Waals surface area contributed by atoms with E-state index < -0.39 is 34.4 Å². The molecule has 1 N–H and O–H groups in total. The Morgan fingerprint density at radius 3 is 2.08 bits per heavy atom. The van der Waals surface area contributed by atoms with E-state index in [1.807, 2.05) is 51.1 Å². The molecule has 0 aliphatic carbocycles. The minimum Gasteiger partial charge on any atom is -0.494 e. The van der Waals surface area contributed by atoms with Crippen molar-refractivity contribution in [2.75, 3.05) is 31.7 Å². The molecular formula is C38H43Cl2N3O7S. The van der Waals surface area contributed by atoms with E-state index in [1.54, 1.807) is 42.5 Å². The van der Waals surface area contributed by atoms with Gasteiger partial charge < -0.3 is 24.4 Å². The van der Waals surface area contributed by atoms with Gasteiger partial charge in [-0.2, -0.15) is 0 Å². The smallest absolute Gasteiger partial charge is 0.264 e. The van der Waals surface area contributed by atoms with Crippen molar-refractivity contribution in [1.29, 1.82) is 0 Å². The second-order valence-electron chi connectivity index (χ2n) is 11.7. The number of nitrogens with one attached hydrogen (secondary N) is 1. The molecule has 272 valence electrons. The van der Waals surface area contributed by atoms with Crippen LogP contribution in [0.5, 0.6) is 17.2 Å². The van der Waals surface area contributed by atoms with Crippen LogP contribution < -0.4 is 23.8 Å². The van der Waals surface area contributed by atoms with E-state index in [9.17, 15) is 18.0 Å². The molecular weight excluding hydrogens is 713 g/mol. The van der Waals surface area contributed by atoms with Crippen molar-refractivity contribution in [3.63, 3.8) is 0 Å². The molecule has 10 nitrogen and oxygen atoms in total. The quantitative estimate of drug-likeness (QED) is 0.122. The van der Waals surface area contributed by atoms with E-state index in [0.29, 0.717) is 40.1 Å².